The highest BCUT2D eigenvalue weighted by atomic mass is 32.2. The van der Waals surface area contributed by atoms with Crippen molar-refractivity contribution in [2.24, 2.45) is 5.92 Å². The van der Waals surface area contributed by atoms with Gasteiger partial charge < -0.3 is 15.4 Å². The van der Waals surface area contributed by atoms with Gasteiger partial charge in [-0.25, -0.2) is 13.2 Å². The number of amides is 2. The number of nitrogens with one attached hydrogen (secondary N) is 2. The lowest BCUT2D eigenvalue weighted by Gasteiger charge is -2.23. The Kier molecular flexibility index (Phi) is 9.97. The van der Waals surface area contributed by atoms with Crippen LogP contribution in [0.3, 0.4) is 0 Å². The van der Waals surface area contributed by atoms with Gasteiger partial charge in [-0.15, -0.1) is 0 Å². The molecule has 41 heavy (non-hydrogen) atoms. The minimum atomic E-state index is -3.43. The minimum absolute atomic E-state index is 0.00566. The molecule has 2 aromatic carbocycles. The number of anilines is 1. The maximum Gasteiger partial charge on any atom is 0.407 e. The number of aryl methyl sites for hydroxylation is 2. The highest BCUT2D eigenvalue weighted by molar-refractivity contribution is 7.90. The van der Waals surface area contributed by atoms with Gasteiger partial charge in [0, 0.05) is 34.4 Å². The molecule has 0 saturated carbocycles. The molecule has 0 atom stereocenters. The molecule has 3 rings (SSSR count). The molecule has 0 aliphatic heterocycles. The van der Waals surface area contributed by atoms with E-state index in [1.54, 1.807) is 12.1 Å². The summed E-state index contributed by atoms with van der Waals surface area (Å²) in [6.45, 7) is 13.7. The molecule has 1 heterocycles. The first-order valence-corrected chi connectivity index (χ1v) is 15.6. The summed E-state index contributed by atoms with van der Waals surface area (Å²) < 4.78 is 29.7. The number of pyridine rings is 1. The summed E-state index contributed by atoms with van der Waals surface area (Å²) >= 11 is 0. The van der Waals surface area contributed by atoms with E-state index in [1.165, 1.54) is 12.1 Å². The van der Waals surface area contributed by atoms with Gasteiger partial charge in [-0.1, -0.05) is 49.7 Å². The number of carbonyl (C=O) groups is 2. The highest BCUT2D eigenvalue weighted by Gasteiger charge is 2.24. The van der Waals surface area contributed by atoms with Gasteiger partial charge in [-0.05, 0) is 81.8 Å². The molecule has 0 saturated heterocycles. The number of ether oxygens (including phenoxy) is 1. The van der Waals surface area contributed by atoms with Gasteiger partial charge >= 0.3 is 6.09 Å². The summed E-state index contributed by atoms with van der Waals surface area (Å²) in [6.07, 6.45) is 1.26. The van der Waals surface area contributed by atoms with Gasteiger partial charge in [0.1, 0.15) is 6.61 Å². The van der Waals surface area contributed by atoms with Crippen molar-refractivity contribution in [3.05, 3.63) is 76.6 Å². The van der Waals surface area contributed by atoms with E-state index < -0.39 is 21.5 Å². The van der Waals surface area contributed by atoms with Crippen LogP contribution < -0.4 is 10.6 Å². The lowest BCUT2D eigenvalue weighted by atomic mass is 9.88. The standard InChI is InChI=1S/C32H41N3O5S/c1-20(2)16-28-27(19-40-31(37)35-32(5,6)7)30(23-14-12-21(3)13-15-23)26(22(4)33-28)18-29(36)34-24-10-9-11-25(17-24)41(8,38)39/h9-15,17,20H,16,18-19H2,1-8H3,(H,34,36)(H,35,37). The number of nitrogens with zero attached hydrogens (tertiary/aromatic N) is 1. The van der Waals surface area contributed by atoms with E-state index in [0.717, 1.165) is 34.2 Å². The van der Waals surface area contributed by atoms with Gasteiger partial charge in [0.05, 0.1) is 11.3 Å². The van der Waals surface area contributed by atoms with Gasteiger partial charge in [-0.3, -0.25) is 9.78 Å². The van der Waals surface area contributed by atoms with E-state index in [4.69, 9.17) is 9.72 Å². The maximum atomic E-state index is 13.3. The Bertz CT molecular complexity index is 1520. The summed E-state index contributed by atoms with van der Waals surface area (Å²) in [6, 6.07) is 14.2. The van der Waals surface area contributed by atoms with Crippen LogP contribution >= 0.6 is 0 Å². The number of alkyl carbamates (subject to hydrolysis) is 1. The van der Waals surface area contributed by atoms with Crippen molar-refractivity contribution in [2.45, 2.75) is 78.3 Å². The zero-order valence-corrected chi connectivity index (χ0v) is 26.0. The Balaban J connectivity index is 2.09. The lowest BCUT2D eigenvalue weighted by Crippen LogP contribution is -2.40. The maximum absolute atomic E-state index is 13.3. The molecular weight excluding hydrogens is 538 g/mol. The molecule has 0 fully saturated rings. The molecule has 0 spiro atoms. The highest BCUT2D eigenvalue weighted by Crippen LogP contribution is 2.34. The largest absolute Gasteiger partial charge is 0.445 e. The molecule has 0 radical (unpaired) electrons. The van der Waals surface area contributed by atoms with Crippen LogP contribution in [0.15, 0.2) is 53.4 Å². The summed E-state index contributed by atoms with van der Waals surface area (Å²) in [5, 5.41) is 5.66. The number of hydrogen-bond acceptors (Lipinski definition) is 6. The first-order chi connectivity index (χ1) is 19.0. The van der Waals surface area contributed by atoms with Crippen LogP contribution in [-0.2, 0) is 38.8 Å². The fraction of sp³-hybridized carbons (Fsp3) is 0.406. The summed E-state index contributed by atoms with van der Waals surface area (Å²) in [5.74, 6) is -0.0194. The molecule has 2 amide bonds. The van der Waals surface area contributed by atoms with Crippen molar-refractivity contribution in [3.63, 3.8) is 0 Å². The number of rotatable bonds is 9. The average molecular weight is 580 g/mol. The Hall–Kier alpha value is -3.72. The van der Waals surface area contributed by atoms with Crippen molar-refractivity contribution in [3.8, 4) is 11.1 Å². The van der Waals surface area contributed by atoms with Crippen molar-refractivity contribution in [1.29, 1.82) is 0 Å². The first-order valence-electron chi connectivity index (χ1n) is 13.7. The van der Waals surface area contributed by atoms with Crippen LogP contribution in [0.1, 0.15) is 62.7 Å². The number of aromatic nitrogens is 1. The third-order valence-electron chi connectivity index (χ3n) is 6.34. The molecular formula is C32H41N3O5S. The zero-order chi connectivity index (χ0) is 30.5. The van der Waals surface area contributed by atoms with Crippen LogP contribution in [0.25, 0.3) is 11.1 Å². The topological polar surface area (TPSA) is 114 Å². The second-order valence-corrected chi connectivity index (χ2v) is 13.9. The molecule has 1 aromatic heterocycles. The van der Waals surface area contributed by atoms with Crippen molar-refractivity contribution >= 4 is 27.5 Å². The molecule has 8 nitrogen and oxygen atoms in total. The van der Waals surface area contributed by atoms with E-state index in [1.807, 2.05) is 58.9 Å². The average Bonchev–Trinajstić information content (AvgIpc) is 2.83. The third kappa shape index (κ3) is 9.14. The van der Waals surface area contributed by atoms with Gasteiger partial charge in [0.15, 0.2) is 9.84 Å². The predicted molar refractivity (Wildman–Crippen MR) is 163 cm³/mol. The van der Waals surface area contributed by atoms with E-state index in [2.05, 4.69) is 24.5 Å². The van der Waals surface area contributed by atoms with E-state index in [9.17, 15) is 18.0 Å². The number of carbonyl (C=O) groups excluding carboxylic acids is 2. The first kappa shape index (κ1) is 31.8. The fourth-order valence-corrected chi connectivity index (χ4v) is 5.16. The monoisotopic (exact) mass is 579 g/mol. The van der Waals surface area contributed by atoms with E-state index in [0.29, 0.717) is 29.3 Å². The Morgan fingerprint density at radius 2 is 1.66 bits per heavy atom. The molecule has 2 N–H and O–H groups in total. The molecule has 220 valence electrons. The Labute approximate surface area is 243 Å². The van der Waals surface area contributed by atoms with Crippen LogP contribution in [0, 0.1) is 19.8 Å². The smallest absolute Gasteiger partial charge is 0.407 e. The number of sulfone groups is 1. The van der Waals surface area contributed by atoms with Gasteiger partial charge in [0.2, 0.25) is 5.91 Å². The quantitative estimate of drug-likeness (QED) is 0.313. The van der Waals surface area contributed by atoms with Crippen molar-refractivity contribution in [2.75, 3.05) is 11.6 Å². The number of hydrogen-bond donors (Lipinski definition) is 2. The fourth-order valence-electron chi connectivity index (χ4n) is 4.49. The zero-order valence-electron chi connectivity index (χ0n) is 25.2. The molecule has 0 bridgehead atoms. The van der Waals surface area contributed by atoms with Crippen LogP contribution in [0.4, 0.5) is 10.5 Å². The normalized spacial score (nSPS) is 11.8. The molecule has 3 aromatic rings. The van der Waals surface area contributed by atoms with Crippen LogP contribution in [-0.4, -0.2) is 37.2 Å². The van der Waals surface area contributed by atoms with Crippen LogP contribution in [0.2, 0.25) is 0 Å². The second-order valence-electron chi connectivity index (χ2n) is 11.9. The molecule has 0 aliphatic carbocycles. The van der Waals surface area contributed by atoms with Gasteiger partial charge in [0.25, 0.3) is 0 Å². The van der Waals surface area contributed by atoms with Crippen LogP contribution in [0.5, 0.6) is 0 Å². The Morgan fingerprint density at radius 1 is 1.00 bits per heavy atom. The molecule has 0 unspecified atom stereocenters. The van der Waals surface area contributed by atoms with Crippen molar-refractivity contribution < 1.29 is 22.7 Å². The molecule has 9 heteroatoms. The third-order valence-corrected chi connectivity index (χ3v) is 7.45. The van der Waals surface area contributed by atoms with E-state index >= 15 is 0 Å². The number of benzene rings is 2. The van der Waals surface area contributed by atoms with Gasteiger partial charge in [-0.2, -0.15) is 0 Å². The summed E-state index contributed by atoms with van der Waals surface area (Å²) in [5.41, 5.74) is 5.74. The Morgan fingerprint density at radius 3 is 2.24 bits per heavy atom. The lowest BCUT2D eigenvalue weighted by molar-refractivity contribution is -0.115. The minimum Gasteiger partial charge on any atom is -0.445 e. The van der Waals surface area contributed by atoms with Crippen molar-refractivity contribution in [1.82, 2.24) is 10.3 Å². The second kappa shape index (κ2) is 12.9. The predicted octanol–water partition coefficient (Wildman–Crippen LogP) is 6.17. The molecule has 0 aliphatic rings. The summed E-state index contributed by atoms with van der Waals surface area (Å²) in [4.78, 5) is 31.0. The summed E-state index contributed by atoms with van der Waals surface area (Å²) in [7, 11) is -3.43. The SMILES string of the molecule is Cc1ccc(-c2c(CC(=O)Nc3cccc(S(C)(=O)=O)c3)c(C)nc(CC(C)C)c2COC(=O)NC(C)(C)C)cc1. The van der Waals surface area contributed by atoms with E-state index in [-0.39, 0.29) is 23.8 Å².